The molecule has 1 aliphatic carbocycles. The van der Waals surface area contributed by atoms with Gasteiger partial charge in [0.1, 0.15) is 0 Å². The maximum absolute atomic E-state index is 12.4. The number of nitrogens with two attached hydrogens (primary N) is 1. The number of benzene rings is 2. The van der Waals surface area contributed by atoms with Gasteiger partial charge in [-0.1, -0.05) is 48.5 Å². The Kier molecular flexibility index (Phi) is 5.09. The second-order valence-electron chi connectivity index (χ2n) is 6.28. The monoisotopic (exact) mass is 308 g/mol. The van der Waals surface area contributed by atoms with Crippen LogP contribution < -0.4 is 11.1 Å². The van der Waals surface area contributed by atoms with Crippen molar-refractivity contribution in [1.82, 2.24) is 5.32 Å². The number of carbonyl (C=O) groups is 1. The standard InChI is InChI=1S/C20H24N2O/c21-12-11-15-5-7-16(8-6-15)14-22-20(23)19-10-9-17-3-1-2-4-18(17)13-19/h1-8,19H,9-14,21H2,(H,22,23). The number of rotatable bonds is 5. The van der Waals surface area contributed by atoms with Crippen molar-refractivity contribution in [1.29, 1.82) is 0 Å². The Bertz CT molecular complexity index is 664. The fourth-order valence-electron chi connectivity index (χ4n) is 3.25. The summed E-state index contributed by atoms with van der Waals surface area (Å²) in [6, 6.07) is 16.8. The van der Waals surface area contributed by atoms with E-state index < -0.39 is 0 Å². The predicted octanol–water partition coefficient (Wildman–Crippen LogP) is 2.61. The zero-order valence-electron chi connectivity index (χ0n) is 13.4. The molecule has 3 heteroatoms. The number of aryl methyl sites for hydroxylation is 1. The molecule has 1 aliphatic rings. The molecule has 3 N–H and O–H groups in total. The third kappa shape index (κ3) is 3.99. The molecule has 3 rings (SSSR count). The van der Waals surface area contributed by atoms with Crippen molar-refractivity contribution in [2.45, 2.75) is 32.2 Å². The lowest BCUT2D eigenvalue weighted by Crippen LogP contribution is -2.33. The highest BCUT2D eigenvalue weighted by atomic mass is 16.1. The molecule has 2 aromatic carbocycles. The lowest BCUT2D eigenvalue weighted by Gasteiger charge is -2.23. The van der Waals surface area contributed by atoms with E-state index in [1.54, 1.807) is 0 Å². The third-order valence-electron chi connectivity index (χ3n) is 4.64. The van der Waals surface area contributed by atoms with E-state index in [4.69, 9.17) is 5.73 Å². The van der Waals surface area contributed by atoms with Crippen LogP contribution in [0.4, 0.5) is 0 Å². The molecule has 0 radical (unpaired) electrons. The first-order chi connectivity index (χ1) is 11.3. The Morgan fingerprint density at radius 2 is 1.74 bits per heavy atom. The first-order valence-electron chi connectivity index (χ1n) is 8.38. The SMILES string of the molecule is NCCc1ccc(CNC(=O)C2CCc3ccccc3C2)cc1. The third-order valence-corrected chi connectivity index (χ3v) is 4.64. The smallest absolute Gasteiger partial charge is 0.223 e. The molecule has 23 heavy (non-hydrogen) atoms. The Balaban J connectivity index is 1.54. The largest absolute Gasteiger partial charge is 0.352 e. The first-order valence-corrected chi connectivity index (χ1v) is 8.38. The fraction of sp³-hybridized carbons (Fsp3) is 0.350. The molecule has 0 aromatic heterocycles. The average Bonchev–Trinajstić information content (AvgIpc) is 2.60. The second-order valence-corrected chi connectivity index (χ2v) is 6.28. The molecule has 0 saturated carbocycles. The molecule has 120 valence electrons. The lowest BCUT2D eigenvalue weighted by molar-refractivity contribution is -0.125. The maximum atomic E-state index is 12.4. The van der Waals surface area contributed by atoms with Crippen LogP contribution in [0.1, 0.15) is 28.7 Å². The average molecular weight is 308 g/mol. The normalized spacial score (nSPS) is 16.7. The molecule has 1 atom stereocenters. The summed E-state index contributed by atoms with van der Waals surface area (Å²) in [5.41, 5.74) is 10.7. The van der Waals surface area contributed by atoms with Crippen molar-refractivity contribution in [2.75, 3.05) is 6.54 Å². The van der Waals surface area contributed by atoms with Gasteiger partial charge in [-0.05, 0) is 54.5 Å². The van der Waals surface area contributed by atoms with Gasteiger partial charge in [0.05, 0.1) is 0 Å². The van der Waals surface area contributed by atoms with Gasteiger partial charge in [0.2, 0.25) is 5.91 Å². The van der Waals surface area contributed by atoms with Crippen LogP contribution in [0.25, 0.3) is 0 Å². The van der Waals surface area contributed by atoms with Crippen molar-refractivity contribution in [3.05, 3.63) is 70.8 Å². The highest BCUT2D eigenvalue weighted by Crippen LogP contribution is 2.25. The number of hydrogen-bond acceptors (Lipinski definition) is 2. The minimum absolute atomic E-state index is 0.0985. The molecular weight excluding hydrogens is 284 g/mol. The van der Waals surface area contributed by atoms with E-state index in [0.717, 1.165) is 31.2 Å². The summed E-state index contributed by atoms with van der Waals surface area (Å²) in [5, 5.41) is 3.09. The van der Waals surface area contributed by atoms with Crippen molar-refractivity contribution in [3.8, 4) is 0 Å². The second kappa shape index (κ2) is 7.42. The van der Waals surface area contributed by atoms with Crippen LogP contribution in [0, 0.1) is 5.92 Å². The number of nitrogens with one attached hydrogen (secondary N) is 1. The summed E-state index contributed by atoms with van der Waals surface area (Å²) in [4.78, 5) is 12.4. The van der Waals surface area contributed by atoms with Crippen LogP contribution in [-0.4, -0.2) is 12.5 Å². The van der Waals surface area contributed by atoms with Gasteiger partial charge in [-0.2, -0.15) is 0 Å². The zero-order valence-corrected chi connectivity index (χ0v) is 13.4. The number of hydrogen-bond donors (Lipinski definition) is 2. The van der Waals surface area contributed by atoms with Gasteiger partial charge in [0, 0.05) is 12.5 Å². The molecule has 0 spiro atoms. The molecule has 0 saturated heterocycles. The van der Waals surface area contributed by atoms with E-state index >= 15 is 0 Å². The van der Waals surface area contributed by atoms with Crippen LogP contribution in [0.5, 0.6) is 0 Å². The van der Waals surface area contributed by atoms with Crippen LogP contribution in [-0.2, 0) is 30.6 Å². The molecule has 0 bridgehead atoms. The molecule has 3 nitrogen and oxygen atoms in total. The highest BCUT2D eigenvalue weighted by molar-refractivity contribution is 5.79. The van der Waals surface area contributed by atoms with Gasteiger partial charge in [-0.3, -0.25) is 4.79 Å². The number of carbonyl (C=O) groups excluding carboxylic acids is 1. The van der Waals surface area contributed by atoms with Crippen molar-refractivity contribution < 1.29 is 4.79 Å². The maximum Gasteiger partial charge on any atom is 0.223 e. The van der Waals surface area contributed by atoms with Crippen LogP contribution >= 0.6 is 0 Å². The van der Waals surface area contributed by atoms with Gasteiger partial charge in [-0.25, -0.2) is 0 Å². The molecule has 0 aliphatic heterocycles. The van der Waals surface area contributed by atoms with Gasteiger partial charge < -0.3 is 11.1 Å². The van der Waals surface area contributed by atoms with Gasteiger partial charge in [0.25, 0.3) is 0 Å². The number of amides is 1. The summed E-state index contributed by atoms with van der Waals surface area (Å²) in [6.07, 6.45) is 3.70. The Labute approximate surface area is 137 Å². The van der Waals surface area contributed by atoms with Crippen LogP contribution in [0.3, 0.4) is 0 Å². The molecular formula is C20H24N2O. The zero-order chi connectivity index (χ0) is 16.1. The van der Waals surface area contributed by atoms with Crippen molar-refractivity contribution in [3.63, 3.8) is 0 Å². The fourth-order valence-corrected chi connectivity index (χ4v) is 3.25. The summed E-state index contributed by atoms with van der Waals surface area (Å²) in [6.45, 7) is 1.26. The predicted molar refractivity (Wildman–Crippen MR) is 93.0 cm³/mol. The van der Waals surface area contributed by atoms with E-state index in [0.29, 0.717) is 13.1 Å². The topological polar surface area (TPSA) is 55.1 Å². The summed E-state index contributed by atoms with van der Waals surface area (Å²) < 4.78 is 0. The Morgan fingerprint density at radius 1 is 1.04 bits per heavy atom. The lowest BCUT2D eigenvalue weighted by atomic mass is 9.83. The quantitative estimate of drug-likeness (QED) is 0.892. The van der Waals surface area contributed by atoms with E-state index in [9.17, 15) is 4.79 Å². The molecule has 1 unspecified atom stereocenters. The van der Waals surface area contributed by atoms with Crippen molar-refractivity contribution >= 4 is 5.91 Å². The van der Waals surface area contributed by atoms with E-state index in [1.807, 2.05) is 0 Å². The minimum Gasteiger partial charge on any atom is -0.352 e. The van der Waals surface area contributed by atoms with Crippen LogP contribution in [0.2, 0.25) is 0 Å². The summed E-state index contributed by atoms with van der Waals surface area (Å²) in [7, 11) is 0. The molecule has 0 heterocycles. The Morgan fingerprint density at radius 3 is 2.48 bits per heavy atom. The Hall–Kier alpha value is -2.13. The van der Waals surface area contributed by atoms with Crippen LogP contribution in [0.15, 0.2) is 48.5 Å². The van der Waals surface area contributed by atoms with E-state index in [1.165, 1.54) is 16.7 Å². The summed E-state index contributed by atoms with van der Waals surface area (Å²) in [5.74, 6) is 0.270. The van der Waals surface area contributed by atoms with Crippen molar-refractivity contribution in [2.24, 2.45) is 11.7 Å². The van der Waals surface area contributed by atoms with E-state index in [-0.39, 0.29) is 11.8 Å². The van der Waals surface area contributed by atoms with Gasteiger partial charge >= 0.3 is 0 Å². The van der Waals surface area contributed by atoms with Gasteiger partial charge in [0.15, 0.2) is 0 Å². The first kappa shape index (κ1) is 15.8. The van der Waals surface area contributed by atoms with E-state index in [2.05, 4.69) is 53.8 Å². The number of fused-ring (bicyclic) bond motifs is 1. The minimum atomic E-state index is 0.0985. The molecule has 0 fully saturated rings. The van der Waals surface area contributed by atoms with Gasteiger partial charge in [-0.15, -0.1) is 0 Å². The molecule has 1 amide bonds. The highest BCUT2D eigenvalue weighted by Gasteiger charge is 2.23. The molecule has 2 aromatic rings. The summed E-state index contributed by atoms with van der Waals surface area (Å²) >= 11 is 0.